The summed E-state index contributed by atoms with van der Waals surface area (Å²) in [7, 11) is -1.78. The molecule has 1 N–H and O–H groups in total. The maximum Gasteiger partial charge on any atom is 0.471 e. The summed E-state index contributed by atoms with van der Waals surface area (Å²) in [5.41, 5.74) is 0.711. The Hall–Kier alpha value is -9.10. The fraction of sp³-hybridized carbons (Fsp3) is 0.0476. The predicted molar refractivity (Wildman–Crippen MR) is 402 cm³/mol. The summed E-state index contributed by atoms with van der Waals surface area (Å²) in [4.78, 5) is 14.9. The summed E-state index contributed by atoms with van der Waals surface area (Å²) < 4.78 is 51.5. The van der Waals surface area contributed by atoms with E-state index < -0.39 is 49.6 Å². The average Bonchev–Trinajstić information content (AvgIpc) is 1.62. The molecule has 1 fully saturated rings. The summed E-state index contributed by atoms with van der Waals surface area (Å²) in [5, 5.41) is 18.5. The first-order valence-electron chi connectivity index (χ1n) is 31.5. The summed E-state index contributed by atoms with van der Waals surface area (Å²) >= 11 is 0. The number of hydrogen-bond acceptors (Lipinski definition) is 2. The zero-order valence-corrected chi connectivity index (χ0v) is 57.9. The molecule has 1 amide bonds. The monoisotopic (exact) mass is 1440 g/mol. The van der Waals surface area contributed by atoms with Gasteiger partial charge in [-0.2, -0.15) is 13.2 Å². The summed E-state index contributed by atoms with van der Waals surface area (Å²) in [6.45, 7) is 0. The van der Waals surface area contributed by atoms with Crippen molar-refractivity contribution in [1.29, 1.82) is 0 Å². The molecule has 0 saturated heterocycles. The van der Waals surface area contributed by atoms with Gasteiger partial charge < -0.3 is 5.32 Å². The molecular formula is C84H69F4N3OP4Pd. The number of imidazole rings is 1. The Morgan fingerprint density at radius 2 is 0.526 bits per heavy atom. The fourth-order valence-corrected chi connectivity index (χ4v) is 20.0. The number of aromatic nitrogens is 2. The summed E-state index contributed by atoms with van der Waals surface area (Å²) in [6, 6.07) is 132. The number of halogens is 4. The van der Waals surface area contributed by atoms with Crippen molar-refractivity contribution in [3.63, 3.8) is 0 Å². The van der Waals surface area contributed by atoms with E-state index in [1.54, 1.807) is 5.32 Å². The molecule has 0 unspecified atom stereocenters. The van der Waals surface area contributed by atoms with Crippen LogP contribution in [0.2, 0.25) is 0 Å². The van der Waals surface area contributed by atoms with Crippen LogP contribution in [0.25, 0.3) is 5.65 Å². The Morgan fingerprint density at radius 3 is 0.701 bits per heavy atom. The van der Waals surface area contributed by atoms with Crippen molar-refractivity contribution in [2.45, 2.75) is 24.9 Å². The van der Waals surface area contributed by atoms with E-state index in [-0.39, 0.29) is 32.2 Å². The normalized spacial score (nSPS) is 11.5. The molecule has 0 bridgehead atoms. The Balaban J connectivity index is 0.000000131. The molecule has 0 aliphatic heterocycles. The molecule has 0 atom stereocenters. The Bertz CT molecular complexity index is 3720. The van der Waals surface area contributed by atoms with E-state index in [0.717, 1.165) is 25.1 Å². The van der Waals surface area contributed by atoms with Crippen LogP contribution in [-0.2, 0) is 25.2 Å². The largest absolute Gasteiger partial charge is 0.471 e. The Morgan fingerprint density at radius 1 is 0.330 bits per heavy atom. The van der Waals surface area contributed by atoms with Crippen LogP contribution in [0.1, 0.15) is 24.5 Å². The van der Waals surface area contributed by atoms with Crippen LogP contribution in [0.4, 0.5) is 23.4 Å². The minimum absolute atomic E-state index is 0. The molecule has 4 nitrogen and oxygen atoms in total. The molecule has 0 spiro atoms. The van der Waals surface area contributed by atoms with Gasteiger partial charge in [0.1, 0.15) is 11.5 Å². The van der Waals surface area contributed by atoms with Crippen molar-refractivity contribution >= 4 is 113 Å². The van der Waals surface area contributed by atoms with E-state index >= 15 is 0 Å². The van der Waals surface area contributed by atoms with E-state index in [9.17, 15) is 22.4 Å². The molecule has 0 radical (unpaired) electrons. The van der Waals surface area contributed by atoms with Crippen LogP contribution < -0.4 is 69.0 Å². The molecule has 13 heteroatoms. The number of anilines is 1. The molecule has 1 aliphatic carbocycles. The number of benzene rings is 12. The summed E-state index contributed by atoms with van der Waals surface area (Å²) in [6.07, 6.45) is -2.28. The van der Waals surface area contributed by atoms with Crippen LogP contribution in [0.15, 0.2) is 382 Å². The number of pyridine rings is 1. The molecule has 1 saturated carbocycles. The molecule has 14 aromatic rings. The van der Waals surface area contributed by atoms with Crippen LogP contribution >= 0.6 is 31.7 Å². The average molecular weight is 1440 g/mol. The standard InChI is InChI=1S/4C18H15P.C12H9F4N3O.Pd/c4*1-4-10-16(11-5-1)19(17-12-6-2-7-13-17)18-14-8-3-9-15-18;13-7-3-4-8-17-10(18-11(20)12(14,15)16)9(6-1-2-6)19(8)5-7;/h4*1-15H;3-6H,1-2H2,(H,18,20);. The van der Waals surface area contributed by atoms with Gasteiger partial charge >= 0.3 is 12.1 Å². The van der Waals surface area contributed by atoms with Gasteiger partial charge in [0.2, 0.25) is 0 Å². The van der Waals surface area contributed by atoms with Crippen LogP contribution in [0.3, 0.4) is 0 Å². The van der Waals surface area contributed by atoms with E-state index in [4.69, 9.17) is 0 Å². The fourth-order valence-electron chi connectivity index (χ4n) is 10.8. The van der Waals surface area contributed by atoms with Crippen LogP contribution in [-0.4, -0.2) is 21.5 Å². The van der Waals surface area contributed by atoms with E-state index in [1.807, 2.05) is 0 Å². The van der Waals surface area contributed by atoms with Crippen molar-refractivity contribution in [2.75, 3.05) is 5.32 Å². The zero-order chi connectivity index (χ0) is 66.2. The molecule has 97 heavy (non-hydrogen) atoms. The minimum Gasteiger partial charge on any atom is -0.301 e. The molecule has 484 valence electrons. The number of hydrogen-bond donors (Lipinski definition) is 1. The number of carbonyl (C=O) groups is 1. The Kier molecular flexibility index (Phi) is 26.5. The SMILES string of the molecule is O=C(Nc1nc2ccc(F)cn2c1C1CC1)C(F)(F)F.[Pd].c1ccc(P(c2ccccc2)c2ccccc2)cc1.c1ccc(P(c2ccccc2)c2ccccc2)cc1.c1ccc(P(c2ccccc2)c2ccccc2)cc1.c1ccc(P(c2ccccc2)c2ccccc2)cc1. The smallest absolute Gasteiger partial charge is 0.301 e. The van der Waals surface area contributed by atoms with Gasteiger partial charge in [-0.25, -0.2) is 9.37 Å². The van der Waals surface area contributed by atoms with Gasteiger partial charge in [0.15, 0.2) is 5.82 Å². The molecule has 12 aromatic carbocycles. The second kappa shape index (κ2) is 36.3. The van der Waals surface area contributed by atoms with Crippen molar-refractivity contribution in [3.8, 4) is 0 Å². The third-order valence-corrected chi connectivity index (χ3v) is 25.0. The van der Waals surface area contributed by atoms with Gasteiger partial charge in [0, 0.05) is 32.5 Å². The quantitative estimate of drug-likeness (QED) is 0.0670. The topological polar surface area (TPSA) is 46.4 Å². The summed E-state index contributed by atoms with van der Waals surface area (Å²) in [5.74, 6) is -2.76. The third-order valence-electron chi connectivity index (χ3n) is 15.2. The van der Waals surface area contributed by atoms with Gasteiger partial charge in [0.05, 0.1) is 5.69 Å². The molecule has 15 rings (SSSR count). The molecular weight excluding hydrogens is 1370 g/mol. The Labute approximate surface area is 584 Å². The van der Waals surface area contributed by atoms with Crippen LogP contribution in [0.5, 0.6) is 0 Å². The van der Waals surface area contributed by atoms with E-state index in [2.05, 4.69) is 369 Å². The van der Waals surface area contributed by atoms with E-state index in [1.165, 1.54) is 74.1 Å². The second-order valence-corrected chi connectivity index (χ2v) is 30.9. The maximum atomic E-state index is 13.2. The number of carbonyl (C=O) groups excluding carboxylic acids is 1. The second-order valence-electron chi connectivity index (χ2n) is 22.0. The third kappa shape index (κ3) is 20.0. The first-order valence-corrected chi connectivity index (χ1v) is 36.9. The predicted octanol–water partition coefficient (Wildman–Crippen LogP) is 16.6. The first kappa shape index (κ1) is 70.7. The van der Waals surface area contributed by atoms with Gasteiger partial charge in [-0.05, 0) is 120 Å². The maximum absolute atomic E-state index is 13.2. The number of nitrogens with one attached hydrogen (secondary N) is 1. The number of fused-ring (bicyclic) bond motifs is 1. The first-order chi connectivity index (χ1) is 47.2. The van der Waals surface area contributed by atoms with Gasteiger partial charge in [-0.1, -0.05) is 364 Å². The van der Waals surface area contributed by atoms with Gasteiger partial charge in [-0.3, -0.25) is 9.20 Å². The van der Waals surface area contributed by atoms with Crippen molar-refractivity contribution in [3.05, 3.63) is 394 Å². The van der Waals surface area contributed by atoms with Gasteiger partial charge in [-0.15, -0.1) is 0 Å². The van der Waals surface area contributed by atoms with Crippen LogP contribution in [0, 0.1) is 5.82 Å². The zero-order valence-electron chi connectivity index (χ0n) is 52.8. The molecule has 2 heterocycles. The molecule has 2 aromatic heterocycles. The van der Waals surface area contributed by atoms with Crippen molar-refractivity contribution in [1.82, 2.24) is 9.38 Å². The van der Waals surface area contributed by atoms with Crippen molar-refractivity contribution < 1.29 is 42.8 Å². The van der Waals surface area contributed by atoms with Crippen molar-refractivity contribution in [2.24, 2.45) is 0 Å². The van der Waals surface area contributed by atoms with Gasteiger partial charge in [0.25, 0.3) is 0 Å². The number of alkyl halides is 3. The number of nitrogens with zero attached hydrogens (tertiary/aromatic N) is 2. The minimum atomic E-state index is -4.98. The number of rotatable bonds is 14. The molecule has 1 aliphatic rings. The number of amides is 1. The van der Waals surface area contributed by atoms with E-state index in [0.29, 0.717) is 11.3 Å².